The molecule has 8 saturated heterocycles. The van der Waals surface area contributed by atoms with Gasteiger partial charge in [-0.1, -0.05) is 18.6 Å². The minimum absolute atomic E-state index is 0.0508. The van der Waals surface area contributed by atoms with E-state index in [0.717, 1.165) is 38.5 Å². The van der Waals surface area contributed by atoms with Gasteiger partial charge in [0.2, 0.25) is 0 Å². The van der Waals surface area contributed by atoms with E-state index in [2.05, 4.69) is 19.9 Å². The third kappa shape index (κ3) is 9.72. The molecule has 8 aliphatic heterocycles. The maximum Gasteiger partial charge on any atom is 0.187 e. The van der Waals surface area contributed by atoms with E-state index in [1.54, 1.807) is 28.3 Å². The molecule has 6 N–H and O–H groups in total. The van der Waals surface area contributed by atoms with Gasteiger partial charge in [-0.05, 0) is 79.1 Å². The fraction of sp³-hybridized carbons (Fsp3) is 0.964. The van der Waals surface area contributed by atoms with Gasteiger partial charge in [0.05, 0.1) is 80.7 Å². The summed E-state index contributed by atoms with van der Waals surface area (Å²) in [4.78, 5) is 0. The number of aliphatic hydroxyl groups is 6. The molecule has 11 aliphatic rings. The first kappa shape index (κ1) is 58.6. The molecule has 0 radical (unpaired) electrons. The van der Waals surface area contributed by atoms with E-state index in [-0.39, 0.29) is 59.9 Å². The predicted molar refractivity (Wildman–Crippen MR) is 265 cm³/mol. The van der Waals surface area contributed by atoms with Gasteiger partial charge in [0.1, 0.15) is 61.0 Å². The topological polar surface area (TPSA) is 278 Å². The Labute approximate surface area is 456 Å². The zero-order valence-electron chi connectivity index (χ0n) is 46.8. The van der Waals surface area contributed by atoms with Gasteiger partial charge >= 0.3 is 0 Å². The zero-order chi connectivity index (χ0) is 55.4. The lowest BCUT2D eigenvalue weighted by atomic mass is 9.47. The summed E-state index contributed by atoms with van der Waals surface area (Å²) in [6, 6.07) is 0. The first-order valence-electron chi connectivity index (χ1n) is 28.6. The van der Waals surface area contributed by atoms with Gasteiger partial charge in [0.25, 0.3) is 0 Å². The van der Waals surface area contributed by atoms with Crippen molar-refractivity contribution in [2.75, 3.05) is 48.3 Å². The molecule has 23 heteroatoms. The van der Waals surface area contributed by atoms with Gasteiger partial charge in [-0.3, -0.25) is 0 Å². The first-order chi connectivity index (χ1) is 37.3. The number of rotatable bonds is 16. The highest BCUT2D eigenvalue weighted by Crippen LogP contribution is 2.76. The molecule has 11 rings (SSSR count). The Morgan fingerprint density at radius 3 is 1.72 bits per heavy atom. The molecule has 2 saturated carbocycles. The van der Waals surface area contributed by atoms with E-state index in [4.69, 9.17) is 80.5 Å². The monoisotopic (exact) mass is 1120 g/mol. The molecular weight excluding hydrogens is 1030 g/mol. The maximum absolute atomic E-state index is 11.5. The molecule has 8 heterocycles. The van der Waals surface area contributed by atoms with Crippen molar-refractivity contribution in [1.82, 2.24) is 0 Å². The molecule has 78 heavy (non-hydrogen) atoms. The van der Waals surface area contributed by atoms with E-state index in [9.17, 15) is 30.6 Å². The summed E-state index contributed by atoms with van der Waals surface area (Å²) in [5.41, 5.74) is 0.803. The van der Waals surface area contributed by atoms with E-state index < -0.39 is 147 Å². The zero-order valence-corrected chi connectivity index (χ0v) is 46.8. The van der Waals surface area contributed by atoms with Crippen LogP contribution in [0.3, 0.4) is 0 Å². The Morgan fingerprint density at radius 1 is 0.590 bits per heavy atom. The van der Waals surface area contributed by atoms with Gasteiger partial charge in [0, 0.05) is 64.4 Å². The Kier molecular flexibility index (Phi) is 17.0. The van der Waals surface area contributed by atoms with E-state index in [1.165, 1.54) is 12.7 Å². The summed E-state index contributed by atoms with van der Waals surface area (Å²) < 4.78 is 107. The SMILES string of the molecule is CO[C@@H]1[C@@H](O)[C@H](O[C@@H]2[C@@H](C)O[C@@H](O[C@H]3[C@@H](OC)C[C@H](O[C@@H]4[C@@H](C)O[C@@H](O[C@H]5CC[C@@]6(CO)C(=CC[C@@H]7[C@@H]6CC[C@]6(C)[C@@H]8[C@H]9CO[C@@]8(C)O[C@@]76O9)C5)C[C@H]4OC)O[C@@H]3C)C[C@H]2OC)O[C@H](C)[C@H]1O[C@@H]1O[C@H](CO)[C@@H](O)[C@H](O)[C@H]1O. The normalized spacial score (nSPS) is 55.7. The van der Waals surface area contributed by atoms with Crippen LogP contribution in [0.5, 0.6) is 0 Å². The number of allylic oxidation sites excluding steroid dienone is 1. The van der Waals surface area contributed by atoms with Gasteiger partial charge < -0.3 is 111 Å². The van der Waals surface area contributed by atoms with Crippen molar-refractivity contribution in [1.29, 1.82) is 0 Å². The Morgan fingerprint density at radius 2 is 1.15 bits per heavy atom. The van der Waals surface area contributed by atoms with E-state index >= 15 is 0 Å². The molecule has 0 aromatic carbocycles. The van der Waals surface area contributed by atoms with Crippen LogP contribution in [0.25, 0.3) is 0 Å². The maximum atomic E-state index is 11.5. The van der Waals surface area contributed by atoms with Crippen molar-refractivity contribution in [2.45, 2.75) is 258 Å². The van der Waals surface area contributed by atoms with Crippen molar-refractivity contribution in [3.8, 4) is 0 Å². The average molecular weight is 1120 g/mol. The van der Waals surface area contributed by atoms with Crippen molar-refractivity contribution in [2.24, 2.45) is 28.6 Å². The summed E-state index contributed by atoms with van der Waals surface area (Å²) in [6.45, 7) is 11.8. The predicted octanol–water partition coefficient (Wildman–Crippen LogP) is 1.30. The van der Waals surface area contributed by atoms with Crippen LogP contribution in [0.2, 0.25) is 0 Å². The average Bonchev–Trinajstić information content (AvgIpc) is 3.25. The molecule has 3 aliphatic carbocycles. The molecular formula is C55H88O23. The quantitative estimate of drug-likeness (QED) is 0.119. The second kappa shape index (κ2) is 22.7. The van der Waals surface area contributed by atoms with Gasteiger partial charge in [-0.2, -0.15) is 0 Å². The summed E-state index contributed by atoms with van der Waals surface area (Å²) in [7, 11) is 6.23. The van der Waals surface area contributed by atoms with Gasteiger partial charge in [0.15, 0.2) is 43.0 Å². The second-order valence-electron chi connectivity index (χ2n) is 24.5. The highest BCUT2D eigenvalue weighted by molar-refractivity contribution is 5.31. The molecule has 2 bridgehead atoms. The van der Waals surface area contributed by atoms with E-state index in [1.807, 2.05) is 20.8 Å². The molecule has 23 nitrogen and oxygen atoms in total. The third-order valence-electron chi connectivity index (χ3n) is 20.4. The summed E-state index contributed by atoms with van der Waals surface area (Å²) in [6.07, 6.45) is -11.1. The Balaban J connectivity index is 0.663. The Hall–Kier alpha value is -1.18. The number of methoxy groups -OCH3 is 4. The number of fused-ring (bicyclic) bond motifs is 3. The molecule has 31 atom stereocenters. The molecule has 446 valence electrons. The van der Waals surface area contributed by atoms with Crippen molar-refractivity contribution in [3.05, 3.63) is 11.6 Å². The van der Waals surface area contributed by atoms with Crippen molar-refractivity contribution < 1.29 is 111 Å². The van der Waals surface area contributed by atoms with Crippen LogP contribution in [0.15, 0.2) is 11.6 Å². The van der Waals surface area contributed by atoms with Crippen LogP contribution < -0.4 is 0 Å². The fourth-order valence-corrected chi connectivity index (χ4v) is 16.5. The van der Waals surface area contributed by atoms with E-state index in [0.29, 0.717) is 19.4 Å². The number of hydrogen-bond acceptors (Lipinski definition) is 23. The number of hydrogen-bond donors (Lipinski definition) is 6. The largest absolute Gasteiger partial charge is 0.395 e. The van der Waals surface area contributed by atoms with Crippen LogP contribution in [0.1, 0.15) is 99.3 Å². The summed E-state index contributed by atoms with van der Waals surface area (Å²) >= 11 is 0. The fourth-order valence-electron chi connectivity index (χ4n) is 16.5. The smallest absolute Gasteiger partial charge is 0.187 e. The molecule has 0 amide bonds. The van der Waals surface area contributed by atoms with Crippen LogP contribution in [-0.2, 0) is 80.5 Å². The van der Waals surface area contributed by atoms with Crippen molar-refractivity contribution in [3.63, 3.8) is 0 Å². The minimum Gasteiger partial charge on any atom is -0.395 e. The standard InChI is InChI=1S/C55H88O23/c1-24-44(32(62-7)18-37(67-24)71-29-13-16-54(23-57)28(17-29)11-12-31-30(54)14-15-52(5)49-36-22-66-53(49,6)78-55(31,52)77-36)73-38-19-33(63-8)45(25(2)68-38)74-39-20-34(64-9)46(26(3)69-39)75-51-43(61)48(65-10)47(27(4)70-51)76-50-42(60)41(59)40(58)35(21-56)72-50/h11,24-27,29-51,56-61H,12-23H2,1-10H3/t24-,25-,26-,27-,29+,30+,31-,32-,33+,34-,35-,36-,37+,38+,39+,40-,41+,42-,43-,44-,45-,46-,47-,48-,49+,50+,51+,52-,53+,54-,55+/m1/s1. The number of aliphatic hydroxyl groups excluding tert-OH is 6. The minimum atomic E-state index is -1.67. The lowest BCUT2D eigenvalue weighted by Crippen LogP contribution is -2.65. The Bertz CT molecular complexity index is 2090. The van der Waals surface area contributed by atoms with Crippen LogP contribution in [0, 0.1) is 28.6 Å². The van der Waals surface area contributed by atoms with Crippen LogP contribution in [-0.4, -0.2) is 238 Å². The number of ether oxygens (including phenoxy) is 17. The van der Waals surface area contributed by atoms with Gasteiger partial charge in [-0.25, -0.2) is 0 Å². The third-order valence-corrected chi connectivity index (χ3v) is 20.4. The van der Waals surface area contributed by atoms with Crippen LogP contribution in [0.4, 0.5) is 0 Å². The lowest BCUT2D eigenvalue weighted by molar-refractivity contribution is -0.374. The molecule has 0 aromatic heterocycles. The van der Waals surface area contributed by atoms with Crippen molar-refractivity contribution >= 4 is 0 Å². The lowest BCUT2D eigenvalue weighted by Gasteiger charge is -2.59. The highest BCUT2D eigenvalue weighted by atomic mass is 16.8. The molecule has 10 fully saturated rings. The summed E-state index contributed by atoms with van der Waals surface area (Å²) in [5.74, 6) is -0.739. The second-order valence-corrected chi connectivity index (χ2v) is 24.5. The first-order valence-corrected chi connectivity index (χ1v) is 28.6. The molecule has 0 unspecified atom stereocenters. The molecule has 0 spiro atoms. The molecule has 0 aromatic rings. The highest BCUT2D eigenvalue weighted by Gasteiger charge is 2.83. The van der Waals surface area contributed by atoms with Gasteiger partial charge in [-0.15, -0.1) is 0 Å². The summed E-state index contributed by atoms with van der Waals surface area (Å²) in [5, 5.41) is 63.7. The van der Waals surface area contributed by atoms with Crippen LogP contribution >= 0.6 is 0 Å².